The summed E-state index contributed by atoms with van der Waals surface area (Å²) in [4.78, 5) is 9.77. The Bertz CT molecular complexity index is 4310. The minimum atomic E-state index is -0.121. The number of hydrogen-bond acceptors (Lipinski definition) is 4. The predicted molar refractivity (Wildman–Crippen MR) is 332 cm³/mol. The van der Waals surface area contributed by atoms with Crippen molar-refractivity contribution in [3.05, 3.63) is 280 Å². The summed E-state index contributed by atoms with van der Waals surface area (Å²) in [6.07, 6.45) is 1.92. The van der Waals surface area contributed by atoms with E-state index < -0.39 is 0 Å². The van der Waals surface area contributed by atoms with Gasteiger partial charge in [0.2, 0.25) is 0 Å². The Labute approximate surface area is 497 Å². The van der Waals surface area contributed by atoms with E-state index in [1.165, 1.54) is 72.4 Å². The Morgan fingerprint density at radius 3 is 1.70 bits per heavy atom. The summed E-state index contributed by atoms with van der Waals surface area (Å²) in [5.41, 5.74) is 24.0. The number of rotatable bonds is 6. The quantitative estimate of drug-likeness (QED) is 0.155. The summed E-state index contributed by atoms with van der Waals surface area (Å²) in [5, 5.41) is 2.21. The minimum Gasteiger partial charge on any atom is -0.509 e. The molecular formula is C76H65N4OPt-3. The van der Waals surface area contributed by atoms with E-state index in [4.69, 9.17) is 9.72 Å². The summed E-state index contributed by atoms with van der Waals surface area (Å²) in [6, 6.07) is 79.8. The molecule has 2 aromatic heterocycles. The molecule has 408 valence electrons. The molecule has 0 N–H and O–H groups in total. The zero-order valence-electron chi connectivity index (χ0n) is 48.0. The number of ether oxygens (including phenoxy) is 1. The molecule has 0 spiro atoms. The van der Waals surface area contributed by atoms with Crippen LogP contribution in [0.4, 0.5) is 22.7 Å². The van der Waals surface area contributed by atoms with Crippen molar-refractivity contribution in [1.29, 1.82) is 0 Å². The molecule has 11 aromatic rings. The van der Waals surface area contributed by atoms with Crippen molar-refractivity contribution in [3.63, 3.8) is 0 Å². The number of para-hydroxylation sites is 2. The molecule has 4 bridgehead atoms. The van der Waals surface area contributed by atoms with Crippen molar-refractivity contribution in [1.82, 2.24) is 9.55 Å². The molecule has 1 aliphatic heterocycles. The monoisotopic (exact) mass is 1240 g/mol. The average molecular weight is 1250 g/mol. The van der Waals surface area contributed by atoms with Crippen molar-refractivity contribution < 1.29 is 25.8 Å². The number of hydrogen-bond donors (Lipinski definition) is 0. The molecule has 18 rings (SSSR count). The largest absolute Gasteiger partial charge is 0.509 e. The van der Waals surface area contributed by atoms with E-state index in [2.05, 4.69) is 277 Å². The van der Waals surface area contributed by atoms with Gasteiger partial charge >= 0.3 is 0 Å². The molecule has 7 aliphatic rings. The maximum Gasteiger partial charge on any atom is 0.135 e. The van der Waals surface area contributed by atoms with Crippen molar-refractivity contribution in [2.45, 2.75) is 102 Å². The van der Waals surface area contributed by atoms with Gasteiger partial charge in [0.15, 0.2) is 0 Å². The molecule has 3 heterocycles. The van der Waals surface area contributed by atoms with Crippen LogP contribution in [0.1, 0.15) is 147 Å². The first-order chi connectivity index (χ1) is 39.1. The molecule has 82 heavy (non-hydrogen) atoms. The van der Waals surface area contributed by atoms with Gasteiger partial charge < -0.3 is 19.1 Å². The van der Waals surface area contributed by atoms with Crippen LogP contribution in [-0.4, -0.2) is 9.55 Å². The van der Waals surface area contributed by atoms with E-state index >= 15 is 0 Å². The summed E-state index contributed by atoms with van der Waals surface area (Å²) >= 11 is 0. The van der Waals surface area contributed by atoms with Crippen molar-refractivity contribution in [3.8, 4) is 28.4 Å². The van der Waals surface area contributed by atoms with Crippen LogP contribution in [0.2, 0.25) is 0 Å². The average Bonchev–Trinajstić information content (AvgIpc) is 3.28. The topological polar surface area (TPSA) is 33.5 Å². The first-order valence-electron chi connectivity index (χ1n) is 28.8. The second-order valence-electron chi connectivity index (χ2n) is 26.0. The van der Waals surface area contributed by atoms with Crippen LogP contribution in [0.5, 0.6) is 11.5 Å². The van der Waals surface area contributed by atoms with Gasteiger partial charge in [-0.25, -0.2) is 4.98 Å². The fourth-order valence-electron chi connectivity index (χ4n) is 14.0. The van der Waals surface area contributed by atoms with Crippen LogP contribution in [-0.2, 0) is 37.3 Å². The van der Waals surface area contributed by atoms with Crippen LogP contribution in [0, 0.1) is 18.8 Å². The van der Waals surface area contributed by atoms with Crippen LogP contribution < -0.4 is 14.5 Å². The van der Waals surface area contributed by atoms with Gasteiger partial charge in [0.25, 0.3) is 0 Å². The molecule has 2 atom stereocenters. The minimum absolute atomic E-state index is 0. The number of fused-ring (bicyclic) bond motifs is 4. The number of benzene rings is 9. The van der Waals surface area contributed by atoms with Crippen molar-refractivity contribution in [2.75, 3.05) is 9.80 Å². The van der Waals surface area contributed by atoms with Crippen LogP contribution in [0.3, 0.4) is 0 Å². The first-order valence-corrected chi connectivity index (χ1v) is 28.8. The van der Waals surface area contributed by atoms with E-state index in [9.17, 15) is 0 Å². The second-order valence-corrected chi connectivity index (χ2v) is 26.0. The van der Waals surface area contributed by atoms with Crippen LogP contribution in [0.25, 0.3) is 38.8 Å². The normalized spacial score (nSPS) is 17.6. The number of nitrogens with zero attached hydrogens (tertiary/aromatic N) is 4. The third-order valence-corrected chi connectivity index (χ3v) is 18.0. The molecule has 6 aliphatic carbocycles. The molecule has 5 nitrogen and oxygen atoms in total. The zero-order chi connectivity index (χ0) is 55.3. The summed E-state index contributed by atoms with van der Waals surface area (Å²) in [7, 11) is 0. The van der Waals surface area contributed by atoms with Crippen molar-refractivity contribution in [2.24, 2.45) is 0 Å². The van der Waals surface area contributed by atoms with Gasteiger partial charge in [-0.15, -0.1) is 48.1 Å². The van der Waals surface area contributed by atoms with Gasteiger partial charge in [0.05, 0.1) is 0 Å². The molecule has 0 saturated heterocycles. The molecule has 0 radical (unpaired) electrons. The molecule has 0 amide bonds. The Morgan fingerprint density at radius 2 is 1.01 bits per heavy atom. The van der Waals surface area contributed by atoms with E-state index in [0.29, 0.717) is 11.5 Å². The summed E-state index contributed by atoms with van der Waals surface area (Å²) < 4.78 is 9.12. The number of anilines is 4. The van der Waals surface area contributed by atoms with Gasteiger partial charge in [-0.1, -0.05) is 195 Å². The van der Waals surface area contributed by atoms with Gasteiger partial charge in [-0.3, -0.25) is 0 Å². The molecule has 2 unspecified atom stereocenters. The second kappa shape index (κ2) is 19.0. The van der Waals surface area contributed by atoms with E-state index in [1.54, 1.807) is 0 Å². The molecule has 0 fully saturated rings. The van der Waals surface area contributed by atoms with Gasteiger partial charge in [-0.2, -0.15) is 12.1 Å². The fourth-order valence-corrected chi connectivity index (χ4v) is 14.0. The summed E-state index contributed by atoms with van der Waals surface area (Å²) in [5.74, 6) is 2.48. The third kappa shape index (κ3) is 8.24. The zero-order valence-corrected chi connectivity index (χ0v) is 50.2. The SMILES string of the molecule is CC(C)(C)c1ccnc(-n2c3[c-]c(Oc4[c-]c(N5[CH-]N(c6cc(C(C)(C)C)cc7c6C6c8cc(C(C)(C)C)ccc8C7C7c8ccccc8C6c6ccccc67)c6ccccc65)ccc4)ccc3c3cc(-c4ccccc4)ccc32)c1.[Pt]. The maximum absolute atomic E-state index is 6.88. The predicted octanol–water partition coefficient (Wildman–Crippen LogP) is 19.4. The Kier molecular flexibility index (Phi) is 12.1. The fraction of sp³-hybridized carbons (Fsp3) is 0.211. The van der Waals surface area contributed by atoms with Gasteiger partial charge in [0, 0.05) is 85.0 Å². The smallest absolute Gasteiger partial charge is 0.135 e. The molecule has 9 aromatic carbocycles. The molecule has 0 saturated carbocycles. The van der Waals surface area contributed by atoms with E-state index in [0.717, 1.165) is 50.2 Å². The molecule has 6 heteroatoms. The Balaban J connectivity index is 0.00000602. The van der Waals surface area contributed by atoms with E-state index in [-0.39, 0.29) is 61.0 Å². The Morgan fingerprint density at radius 1 is 0.427 bits per heavy atom. The third-order valence-electron chi connectivity index (χ3n) is 18.0. The maximum atomic E-state index is 6.88. The van der Waals surface area contributed by atoms with E-state index in [1.807, 2.05) is 18.3 Å². The standard InChI is InChI=1S/C76H65N4O.Pt/c1-74(2,3)48-31-33-59-61(39-48)73-70-57-26-15-13-24-55(57)69(56-25-14-16-27-58(56)70)71(59)62-40-50(76(7,8)9)41-67(72(62)73)79-45-78(64-28-17-18-29-65(64)79)51-22-19-23-52(43-51)81-53-32-34-54-60-38-47(46-20-11-10-12-21-46)30-35-63(60)80(66(54)44-53)68-42-49(36-37-77-68)75(4,5)6;/h10-42,45,69-71,73H,1-9H3;/q-3;. The van der Waals surface area contributed by atoms with Gasteiger partial charge in [0.1, 0.15) is 5.82 Å². The number of pyridine rings is 1. The van der Waals surface area contributed by atoms with Crippen LogP contribution in [0.15, 0.2) is 200 Å². The molecular weight excluding hydrogens is 1180 g/mol. The summed E-state index contributed by atoms with van der Waals surface area (Å²) in [6.45, 7) is 23.2. The van der Waals surface area contributed by atoms with Gasteiger partial charge in [-0.05, 0) is 130 Å². The first kappa shape index (κ1) is 52.1. The van der Waals surface area contributed by atoms with Crippen LogP contribution >= 0.6 is 0 Å². The Hall–Kier alpha value is -7.98. The number of aromatic nitrogens is 2. The van der Waals surface area contributed by atoms with Crippen molar-refractivity contribution >= 4 is 44.6 Å².